The Morgan fingerprint density at radius 1 is 0.793 bits per heavy atom. The second-order valence-corrected chi connectivity index (χ2v) is 7.99. The van der Waals surface area contributed by atoms with Crippen molar-refractivity contribution in [2.24, 2.45) is 0 Å². The molecule has 0 unspecified atom stereocenters. The van der Waals surface area contributed by atoms with E-state index in [0.29, 0.717) is 30.8 Å². The lowest BCUT2D eigenvalue weighted by Crippen LogP contribution is -2.14. The monoisotopic (exact) mass is 410 g/mol. The fourth-order valence-electron chi connectivity index (χ4n) is 2.60. The first-order valence-electron chi connectivity index (χ1n) is 9.18. The van der Waals surface area contributed by atoms with Gasteiger partial charge in [0, 0.05) is 17.8 Å². The number of amides is 1. The van der Waals surface area contributed by atoms with E-state index in [1.807, 2.05) is 36.4 Å². The second-order valence-electron chi connectivity index (χ2n) is 6.31. The van der Waals surface area contributed by atoms with E-state index in [1.165, 1.54) is 12.1 Å². The quantitative estimate of drug-likeness (QED) is 0.516. The number of benzene rings is 3. The first-order chi connectivity index (χ1) is 14.0. The van der Waals surface area contributed by atoms with Gasteiger partial charge in [-0.05, 0) is 55.0 Å². The van der Waals surface area contributed by atoms with Crippen LogP contribution in [0.2, 0.25) is 0 Å². The zero-order chi connectivity index (χ0) is 20.5. The first-order valence-corrected chi connectivity index (χ1v) is 10.7. The summed E-state index contributed by atoms with van der Waals surface area (Å²) in [5, 5.41) is 2.76. The maximum absolute atomic E-state index is 12.4. The summed E-state index contributed by atoms with van der Waals surface area (Å²) in [4.78, 5) is 12.2. The molecule has 3 aromatic carbocycles. The van der Waals surface area contributed by atoms with Gasteiger partial charge < -0.3 is 10.1 Å². The van der Waals surface area contributed by atoms with Gasteiger partial charge >= 0.3 is 0 Å². The summed E-state index contributed by atoms with van der Waals surface area (Å²) in [7, 11) is -3.68. The summed E-state index contributed by atoms with van der Waals surface area (Å²) < 4.78 is 32.9. The van der Waals surface area contributed by atoms with Gasteiger partial charge in [0.15, 0.2) is 0 Å². The molecular weight excluding hydrogens is 388 g/mol. The lowest BCUT2D eigenvalue weighted by molar-refractivity contribution is -0.116. The molecule has 1 amide bonds. The fraction of sp³-hybridized carbons (Fsp3) is 0.136. The van der Waals surface area contributed by atoms with E-state index < -0.39 is 10.0 Å². The van der Waals surface area contributed by atoms with Gasteiger partial charge in [-0.2, -0.15) is 0 Å². The molecule has 0 heterocycles. The van der Waals surface area contributed by atoms with Crippen LogP contribution in [0.25, 0.3) is 0 Å². The van der Waals surface area contributed by atoms with Crippen molar-refractivity contribution in [3.63, 3.8) is 0 Å². The molecule has 0 aliphatic rings. The van der Waals surface area contributed by atoms with E-state index in [-0.39, 0.29) is 10.8 Å². The Hall–Kier alpha value is -3.32. The second kappa shape index (κ2) is 9.75. The molecule has 0 spiro atoms. The molecule has 0 radical (unpaired) electrons. The van der Waals surface area contributed by atoms with Crippen LogP contribution in [0.1, 0.15) is 12.8 Å². The van der Waals surface area contributed by atoms with E-state index in [0.717, 1.165) is 5.75 Å². The molecule has 0 aromatic heterocycles. The van der Waals surface area contributed by atoms with Crippen LogP contribution in [0.4, 0.5) is 11.4 Å². The third kappa shape index (κ3) is 6.36. The van der Waals surface area contributed by atoms with E-state index in [9.17, 15) is 13.2 Å². The first kappa shape index (κ1) is 20.4. The van der Waals surface area contributed by atoms with Crippen LogP contribution < -0.4 is 14.8 Å². The van der Waals surface area contributed by atoms with Crippen LogP contribution in [0.3, 0.4) is 0 Å². The summed E-state index contributed by atoms with van der Waals surface area (Å²) in [6, 6.07) is 24.1. The lowest BCUT2D eigenvalue weighted by Gasteiger charge is -2.10. The molecule has 0 aliphatic heterocycles. The van der Waals surface area contributed by atoms with E-state index in [1.54, 1.807) is 36.4 Å². The Morgan fingerprint density at radius 2 is 1.41 bits per heavy atom. The van der Waals surface area contributed by atoms with Gasteiger partial charge in [0.1, 0.15) is 5.75 Å². The number of nitrogens with one attached hydrogen (secondary N) is 2. The number of para-hydroxylation sites is 2. The highest BCUT2D eigenvalue weighted by atomic mass is 32.2. The number of rotatable bonds is 9. The minimum atomic E-state index is -3.68. The normalized spacial score (nSPS) is 10.9. The molecule has 3 rings (SSSR count). The topological polar surface area (TPSA) is 84.5 Å². The number of carbonyl (C=O) groups excluding carboxylic acids is 1. The van der Waals surface area contributed by atoms with Crippen LogP contribution in [0.15, 0.2) is 89.8 Å². The summed E-state index contributed by atoms with van der Waals surface area (Å²) in [5.74, 6) is 0.619. The summed E-state index contributed by atoms with van der Waals surface area (Å²) in [5.41, 5.74) is 1.03. The highest BCUT2D eigenvalue weighted by Gasteiger charge is 2.14. The maximum atomic E-state index is 12.4. The molecule has 150 valence electrons. The number of anilines is 2. The highest BCUT2D eigenvalue weighted by molar-refractivity contribution is 7.92. The zero-order valence-electron chi connectivity index (χ0n) is 15.7. The summed E-state index contributed by atoms with van der Waals surface area (Å²) >= 11 is 0. The minimum Gasteiger partial charge on any atom is -0.494 e. The van der Waals surface area contributed by atoms with Crippen molar-refractivity contribution in [1.29, 1.82) is 0 Å². The Bertz CT molecular complexity index is 1020. The fourth-order valence-corrected chi connectivity index (χ4v) is 3.66. The molecule has 2 N–H and O–H groups in total. The number of sulfonamides is 1. The molecule has 0 saturated heterocycles. The van der Waals surface area contributed by atoms with E-state index >= 15 is 0 Å². The Morgan fingerprint density at radius 3 is 2.07 bits per heavy atom. The zero-order valence-corrected chi connectivity index (χ0v) is 16.6. The predicted molar refractivity (Wildman–Crippen MR) is 113 cm³/mol. The van der Waals surface area contributed by atoms with Crippen molar-refractivity contribution in [3.05, 3.63) is 84.9 Å². The molecule has 0 bridgehead atoms. The smallest absolute Gasteiger partial charge is 0.261 e. The Balaban J connectivity index is 1.47. The molecule has 6 nitrogen and oxygen atoms in total. The molecular formula is C22H22N2O4S. The average Bonchev–Trinajstić information content (AvgIpc) is 2.73. The van der Waals surface area contributed by atoms with E-state index in [4.69, 9.17) is 4.74 Å². The molecule has 0 atom stereocenters. The van der Waals surface area contributed by atoms with Crippen LogP contribution in [-0.4, -0.2) is 20.9 Å². The predicted octanol–water partition coefficient (Wildman–Crippen LogP) is 4.29. The van der Waals surface area contributed by atoms with Crippen LogP contribution in [-0.2, 0) is 14.8 Å². The van der Waals surface area contributed by atoms with Crippen molar-refractivity contribution in [2.45, 2.75) is 17.7 Å². The average molecular weight is 410 g/mol. The molecule has 7 heteroatoms. The number of carbonyl (C=O) groups is 1. The lowest BCUT2D eigenvalue weighted by atomic mass is 10.2. The molecule has 0 saturated carbocycles. The number of ether oxygens (including phenoxy) is 1. The van der Waals surface area contributed by atoms with Crippen molar-refractivity contribution < 1.29 is 17.9 Å². The maximum Gasteiger partial charge on any atom is 0.261 e. The molecule has 0 aliphatic carbocycles. The molecule has 29 heavy (non-hydrogen) atoms. The number of hydrogen-bond acceptors (Lipinski definition) is 4. The Kier molecular flexibility index (Phi) is 6.86. The molecule has 3 aromatic rings. The third-order valence-corrected chi connectivity index (χ3v) is 5.43. The Labute approximate surface area is 170 Å². The van der Waals surface area contributed by atoms with Crippen molar-refractivity contribution >= 4 is 27.3 Å². The van der Waals surface area contributed by atoms with Gasteiger partial charge in [-0.15, -0.1) is 0 Å². The van der Waals surface area contributed by atoms with Crippen LogP contribution in [0, 0.1) is 0 Å². The SMILES string of the molecule is O=C(CCCOc1ccccc1)Nc1ccc(S(=O)(=O)Nc2ccccc2)cc1. The van der Waals surface area contributed by atoms with Gasteiger partial charge in [-0.1, -0.05) is 36.4 Å². The van der Waals surface area contributed by atoms with Crippen LogP contribution in [0.5, 0.6) is 5.75 Å². The standard InChI is InChI=1S/C22H22N2O4S/c25-22(12-7-17-28-20-10-5-2-6-11-20)23-18-13-15-21(16-14-18)29(26,27)24-19-8-3-1-4-9-19/h1-6,8-11,13-16,24H,7,12,17H2,(H,23,25). The summed E-state index contributed by atoms with van der Waals surface area (Å²) in [6.45, 7) is 0.444. The van der Waals surface area contributed by atoms with Crippen LogP contribution >= 0.6 is 0 Å². The van der Waals surface area contributed by atoms with Crippen molar-refractivity contribution in [2.75, 3.05) is 16.6 Å². The minimum absolute atomic E-state index is 0.121. The van der Waals surface area contributed by atoms with Gasteiger partial charge in [0.25, 0.3) is 10.0 Å². The molecule has 0 fully saturated rings. The summed E-state index contributed by atoms with van der Waals surface area (Å²) in [6.07, 6.45) is 0.886. The number of hydrogen-bond donors (Lipinski definition) is 2. The highest BCUT2D eigenvalue weighted by Crippen LogP contribution is 2.18. The van der Waals surface area contributed by atoms with Gasteiger partial charge in [-0.3, -0.25) is 9.52 Å². The largest absolute Gasteiger partial charge is 0.494 e. The van der Waals surface area contributed by atoms with Gasteiger partial charge in [0.05, 0.1) is 11.5 Å². The third-order valence-electron chi connectivity index (χ3n) is 4.03. The van der Waals surface area contributed by atoms with Gasteiger partial charge in [0.2, 0.25) is 5.91 Å². The van der Waals surface area contributed by atoms with Crippen molar-refractivity contribution in [3.8, 4) is 5.75 Å². The van der Waals surface area contributed by atoms with Gasteiger partial charge in [-0.25, -0.2) is 8.42 Å². The van der Waals surface area contributed by atoms with E-state index in [2.05, 4.69) is 10.0 Å². The van der Waals surface area contributed by atoms with Crippen molar-refractivity contribution in [1.82, 2.24) is 0 Å².